The SMILES string of the molecule is COc1ccc(C(NC(=O)c2cc(C)n(-c3ccccc3)n2)c2nccn2C)cc1. The second kappa shape index (κ2) is 8.24. The molecule has 0 aliphatic heterocycles. The molecule has 7 heteroatoms. The molecule has 0 saturated carbocycles. The van der Waals surface area contributed by atoms with E-state index in [0.717, 1.165) is 28.5 Å². The third-order valence-electron chi connectivity index (χ3n) is 4.96. The predicted molar refractivity (Wildman–Crippen MR) is 114 cm³/mol. The largest absolute Gasteiger partial charge is 0.497 e. The Morgan fingerprint density at radius 2 is 1.83 bits per heavy atom. The molecule has 1 atom stereocenters. The molecule has 0 aliphatic rings. The molecule has 0 spiro atoms. The molecule has 2 aromatic heterocycles. The molecule has 0 saturated heterocycles. The minimum Gasteiger partial charge on any atom is -0.497 e. The van der Waals surface area contributed by atoms with Crippen LogP contribution in [0.4, 0.5) is 0 Å². The lowest BCUT2D eigenvalue weighted by Crippen LogP contribution is -2.31. The van der Waals surface area contributed by atoms with Gasteiger partial charge >= 0.3 is 0 Å². The summed E-state index contributed by atoms with van der Waals surface area (Å²) in [5.41, 5.74) is 3.04. The Morgan fingerprint density at radius 1 is 1.10 bits per heavy atom. The number of para-hydroxylation sites is 1. The number of aryl methyl sites for hydroxylation is 2. The topological polar surface area (TPSA) is 74.0 Å². The average molecular weight is 401 g/mol. The first-order valence-electron chi connectivity index (χ1n) is 9.61. The highest BCUT2D eigenvalue weighted by atomic mass is 16.5. The highest BCUT2D eigenvalue weighted by molar-refractivity contribution is 5.93. The normalized spacial score (nSPS) is 11.8. The summed E-state index contributed by atoms with van der Waals surface area (Å²) in [5, 5.41) is 7.60. The molecule has 0 fully saturated rings. The molecule has 2 aromatic carbocycles. The molecule has 0 bridgehead atoms. The van der Waals surface area contributed by atoms with Crippen molar-refractivity contribution in [1.82, 2.24) is 24.6 Å². The molecule has 2 heterocycles. The summed E-state index contributed by atoms with van der Waals surface area (Å²) in [6, 6.07) is 18.7. The second-order valence-corrected chi connectivity index (χ2v) is 6.99. The van der Waals surface area contributed by atoms with E-state index in [0.29, 0.717) is 5.69 Å². The third-order valence-corrected chi connectivity index (χ3v) is 4.96. The molecule has 7 nitrogen and oxygen atoms in total. The van der Waals surface area contributed by atoms with Crippen LogP contribution in [0.5, 0.6) is 5.75 Å². The number of aromatic nitrogens is 4. The first-order valence-corrected chi connectivity index (χ1v) is 9.61. The Hall–Kier alpha value is -3.87. The summed E-state index contributed by atoms with van der Waals surface area (Å²) in [4.78, 5) is 17.5. The fraction of sp³-hybridized carbons (Fsp3) is 0.174. The number of nitrogens with one attached hydrogen (secondary N) is 1. The molecular weight excluding hydrogens is 378 g/mol. The molecule has 1 N–H and O–H groups in total. The van der Waals surface area contributed by atoms with Crippen LogP contribution in [-0.4, -0.2) is 32.3 Å². The number of hydrogen-bond donors (Lipinski definition) is 1. The van der Waals surface area contributed by atoms with Crippen LogP contribution in [0.25, 0.3) is 5.69 Å². The fourth-order valence-electron chi connectivity index (χ4n) is 3.37. The van der Waals surface area contributed by atoms with E-state index >= 15 is 0 Å². The van der Waals surface area contributed by atoms with Crippen molar-refractivity contribution >= 4 is 5.91 Å². The van der Waals surface area contributed by atoms with Crippen LogP contribution in [0.2, 0.25) is 0 Å². The van der Waals surface area contributed by atoms with E-state index in [1.807, 2.05) is 79.3 Å². The van der Waals surface area contributed by atoms with Crippen molar-refractivity contribution in [3.8, 4) is 11.4 Å². The van der Waals surface area contributed by atoms with Crippen molar-refractivity contribution in [2.45, 2.75) is 13.0 Å². The summed E-state index contributed by atoms with van der Waals surface area (Å²) in [5.74, 6) is 1.21. The standard InChI is InChI=1S/C23H23N5O2/c1-16-15-20(26-28(16)18-7-5-4-6-8-18)23(29)25-21(22-24-13-14-27(22)2)17-9-11-19(30-3)12-10-17/h4-15,21H,1-3H3,(H,25,29). The van der Waals surface area contributed by atoms with E-state index in [9.17, 15) is 4.79 Å². The van der Waals surface area contributed by atoms with Crippen LogP contribution in [0.1, 0.15) is 33.6 Å². The number of benzene rings is 2. The summed E-state index contributed by atoms with van der Waals surface area (Å²) in [7, 11) is 3.53. The van der Waals surface area contributed by atoms with Crippen molar-refractivity contribution in [3.63, 3.8) is 0 Å². The Bertz CT molecular complexity index is 1150. The van der Waals surface area contributed by atoms with Gasteiger partial charge in [0.25, 0.3) is 5.91 Å². The van der Waals surface area contributed by atoms with Gasteiger partial charge in [0.2, 0.25) is 0 Å². The minimum absolute atomic E-state index is 0.267. The number of rotatable bonds is 6. The lowest BCUT2D eigenvalue weighted by atomic mass is 10.1. The van der Waals surface area contributed by atoms with Crippen molar-refractivity contribution in [2.24, 2.45) is 7.05 Å². The maximum atomic E-state index is 13.1. The molecule has 152 valence electrons. The van der Waals surface area contributed by atoms with Gasteiger partial charge in [0, 0.05) is 25.1 Å². The zero-order chi connectivity index (χ0) is 21.1. The number of hydrogen-bond acceptors (Lipinski definition) is 4. The third kappa shape index (κ3) is 3.82. The highest BCUT2D eigenvalue weighted by Gasteiger charge is 2.23. The number of methoxy groups -OCH3 is 1. The van der Waals surface area contributed by atoms with E-state index < -0.39 is 6.04 Å². The lowest BCUT2D eigenvalue weighted by Gasteiger charge is -2.19. The van der Waals surface area contributed by atoms with E-state index in [1.54, 1.807) is 24.1 Å². The molecule has 0 aliphatic carbocycles. The van der Waals surface area contributed by atoms with Crippen molar-refractivity contribution in [3.05, 3.63) is 95.8 Å². The highest BCUT2D eigenvalue weighted by Crippen LogP contribution is 2.23. The molecular formula is C23H23N5O2. The van der Waals surface area contributed by atoms with E-state index in [1.165, 1.54) is 0 Å². The smallest absolute Gasteiger partial charge is 0.272 e. The van der Waals surface area contributed by atoms with Crippen molar-refractivity contribution in [1.29, 1.82) is 0 Å². The molecule has 30 heavy (non-hydrogen) atoms. The number of imidazole rings is 1. The quantitative estimate of drug-likeness (QED) is 0.537. The monoisotopic (exact) mass is 401 g/mol. The second-order valence-electron chi connectivity index (χ2n) is 6.99. The number of carbonyl (C=O) groups is 1. The Kier molecular flexibility index (Phi) is 5.34. The molecule has 1 amide bonds. The zero-order valence-electron chi connectivity index (χ0n) is 17.1. The number of carbonyl (C=O) groups excluding carboxylic acids is 1. The summed E-state index contributed by atoms with van der Waals surface area (Å²) >= 11 is 0. The fourth-order valence-corrected chi connectivity index (χ4v) is 3.37. The van der Waals surface area contributed by atoms with Gasteiger partial charge in [-0.1, -0.05) is 30.3 Å². The maximum absolute atomic E-state index is 13.1. The van der Waals surface area contributed by atoms with Gasteiger partial charge in [-0.3, -0.25) is 4.79 Å². The number of ether oxygens (including phenoxy) is 1. The van der Waals surface area contributed by atoms with Crippen LogP contribution in [0, 0.1) is 6.92 Å². The molecule has 1 unspecified atom stereocenters. The van der Waals surface area contributed by atoms with Gasteiger partial charge in [-0.25, -0.2) is 9.67 Å². The van der Waals surface area contributed by atoms with Gasteiger partial charge < -0.3 is 14.6 Å². The van der Waals surface area contributed by atoms with Gasteiger partial charge in [0.1, 0.15) is 17.6 Å². The van der Waals surface area contributed by atoms with Crippen LogP contribution >= 0.6 is 0 Å². The number of nitrogens with zero attached hydrogens (tertiary/aromatic N) is 4. The molecule has 4 rings (SSSR count). The van der Waals surface area contributed by atoms with E-state index in [4.69, 9.17) is 4.74 Å². The van der Waals surface area contributed by atoms with E-state index in [-0.39, 0.29) is 5.91 Å². The van der Waals surface area contributed by atoms with Gasteiger partial charge in [-0.05, 0) is 42.8 Å². The van der Waals surface area contributed by atoms with Gasteiger partial charge in [0.15, 0.2) is 5.69 Å². The Labute approximate surface area is 174 Å². The van der Waals surface area contributed by atoms with Crippen molar-refractivity contribution in [2.75, 3.05) is 7.11 Å². The zero-order valence-corrected chi connectivity index (χ0v) is 17.1. The van der Waals surface area contributed by atoms with Gasteiger partial charge in [0.05, 0.1) is 12.8 Å². The lowest BCUT2D eigenvalue weighted by molar-refractivity contribution is 0.0935. The van der Waals surface area contributed by atoms with Crippen LogP contribution in [0.15, 0.2) is 73.1 Å². The predicted octanol–water partition coefficient (Wildman–Crippen LogP) is 3.44. The minimum atomic E-state index is -0.425. The van der Waals surface area contributed by atoms with Gasteiger partial charge in [-0.15, -0.1) is 0 Å². The summed E-state index contributed by atoms with van der Waals surface area (Å²) < 4.78 is 8.90. The van der Waals surface area contributed by atoms with Crippen LogP contribution in [0.3, 0.4) is 0 Å². The average Bonchev–Trinajstić information content (AvgIpc) is 3.38. The first kappa shape index (κ1) is 19.4. The summed E-state index contributed by atoms with van der Waals surface area (Å²) in [6.07, 6.45) is 3.57. The first-order chi connectivity index (χ1) is 14.6. The Balaban J connectivity index is 1.65. The number of amides is 1. The molecule has 4 aromatic rings. The van der Waals surface area contributed by atoms with Crippen molar-refractivity contribution < 1.29 is 9.53 Å². The van der Waals surface area contributed by atoms with Crippen LogP contribution < -0.4 is 10.1 Å². The maximum Gasteiger partial charge on any atom is 0.272 e. The molecule has 0 radical (unpaired) electrons. The van der Waals surface area contributed by atoms with Gasteiger partial charge in [-0.2, -0.15) is 5.10 Å². The van der Waals surface area contributed by atoms with E-state index in [2.05, 4.69) is 15.4 Å². The van der Waals surface area contributed by atoms with Crippen LogP contribution in [-0.2, 0) is 7.05 Å². The Morgan fingerprint density at radius 3 is 2.47 bits per heavy atom. The summed E-state index contributed by atoms with van der Waals surface area (Å²) in [6.45, 7) is 1.93.